The Labute approximate surface area is 106 Å². The van der Waals surface area contributed by atoms with Crippen molar-refractivity contribution in [3.63, 3.8) is 0 Å². The zero-order valence-corrected chi connectivity index (χ0v) is 10.2. The minimum absolute atomic E-state index is 0.700. The van der Waals surface area contributed by atoms with Crippen molar-refractivity contribution in [2.24, 2.45) is 0 Å². The maximum absolute atomic E-state index is 5.91. The van der Waals surface area contributed by atoms with E-state index in [4.69, 9.17) is 11.6 Å². The molecule has 1 N–H and O–H groups in total. The second kappa shape index (κ2) is 4.38. The van der Waals surface area contributed by atoms with E-state index in [1.54, 1.807) is 18.0 Å². The number of rotatable bonds is 3. The van der Waals surface area contributed by atoms with E-state index in [1.165, 1.54) is 0 Å². The second-order valence-corrected chi connectivity index (χ2v) is 4.87. The molecule has 0 bridgehead atoms. The molecule has 3 aromatic heterocycles. The number of fused-ring (bicyclic) bond motifs is 1. The molecule has 0 aliphatic heterocycles. The van der Waals surface area contributed by atoms with Crippen LogP contribution in [0.2, 0.25) is 5.02 Å². The van der Waals surface area contributed by atoms with Gasteiger partial charge in [0.05, 0.1) is 16.9 Å². The topological polar surface area (TPSA) is 58.9 Å². The zero-order valence-electron chi connectivity index (χ0n) is 8.67. The fourth-order valence-corrected chi connectivity index (χ4v) is 2.33. The highest BCUT2D eigenvalue weighted by atomic mass is 35.5. The van der Waals surface area contributed by atoms with Crippen LogP contribution in [0.1, 0.15) is 5.69 Å². The summed E-state index contributed by atoms with van der Waals surface area (Å²) in [5, 5.41) is 11.9. The van der Waals surface area contributed by atoms with E-state index < -0.39 is 0 Å². The fourth-order valence-electron chi connectivity index (χ4n) is 1.50. The Morgan fingerprint density at radius 2 is 2.29 bits per heavy atom. The second-order valence-electron chi connectivity index (χ2n) is 3.44. The van der Waals surface area contributed by atoms with Gasteiger partial charge in [-0.15, -0.1) is 5.10 Å². The van der Waals surface area contributed by atoms with Crippen molar-refractivity contribution in [2.75, 3.05) is 0 Å². The minimum atomic E-state index is 0.700. The maximum Gasteiger partial charge on any atom is 0.139 e. The Morgan fingerprint density at radius 3 is 3.12 bits per heavy atom. The predicted octanol–water partition coefficient (Wildman–Crippen LogP) is 2.40. The molecule has 0 amide bonds. The summed E-state index contributed by atoms with van der Waals surface area (Å²) in [5.74, 6) is 0.756. The first-order valence-corrected chi connectivity index (χ1v) is 6.29. The quantitative estimate of drug-likeness (QED) is 0.739. The van der Waals surface area contributed by atoms with E-state index in [1.807, 2.05) is 28.9 Å². The fraction of sp³-hybridized carbons (Fsp3) is 0.100. The summed E-state index contributed by atoms with van der Waals surface area (Å²) >= 11 is 7.50. The lowest BCUT2D eigenvalue weighted by Gasteiger charge is -1.91. The van der Waals surface area contributed by atoms with Crippen LogP contribution in [0, 0.1) is 0 Å². The molecule has 0 aliphatic rings. The Bertz CT molecular complexity index is 633. The molecule has 3 rings (SSSR count). The number of halogens is 1. The SMILES string of the molecule is Clc1ccc2nc(CSc3cn[nH]n3)cn2c1. The summed E-state index contributed by atoms with van der Waals surface area (Å²) in [7, 11) is 0. The summed E-state index contributed by atoms with van der Waals surface area (Å²) in [6, 6.07) is 3.73. The first-order valence-electron chi connectivity index (χ1n) is 4.93. The normalized spacial score (nSPS) is 11.1. The number of thioether (sulfide) groups is 1. The molecule has 7 heteroatoms. The summed E-state index contributed by atoms with van der Waals surface area (Å²) in [4.78, 5) is 4.48. The molecule has 3 aromatic rings. The van der Waals surface area contributed by atoms with Crippen molar-refractivity contribution in [3.05, 3.63) is 41.4 Å². The average Bonchev–Trinajstić information content (AvgIpc) is 2.94. The molecular weight excluding hydrogens is 258 g/mol. The van der Waals surface area contributed by atoms with Gasteiger partial charge < -0.3 is 4.40 Å². The van der Waals surface area contributed by atoms with Crippen LogP contribution in [0.15, 0.2) is 35.7 Å². The summed E-state index contributed by atoms with van der Waals surface area (Å²) < 4.78 is 1.92. The third kappa shape index (κ3) is 2.27. The van der Waals surface area contributed by atoms with Crippen molar-refractivity contribution in [1.82, 2.24) is 24.8 Å². The smallest absolute Gasteiger partial charge is 0.139 e. The molecule has 0 saturated carbocycles. The molecule has 86 valence electrons. The Kier molecular flexibility index (Phi) is 2.74. The van der Waals surface area contributed by atoms with Gasteiger partial charge in [-0.25, -0.2) is 4.98 Å². The standard InChI is InChI=1S/C10H8ClN5S/c11-7-1-2-9-13-8(5-16(9)4-7)6-17-10-3-12-15-14-10/h1-5H,6H2,(H,12,14,15). The Morgan fingerprint density at radius 1 is 1.35 bits per heavy atom. The van der Waals surface area contributed by atoms with Gasteiger partial charge in [0, 0.05) is 18.1 Å². The van der Waals surface area contributed by atoms with E-state index in [0.29, 0.717) is 5.02 Å². The van der Waals surface area contributed by atoms with Gasteiger partial charge in [-0.05, 0) is 12.1 Å². The molecule has 0 aromatic carbocycles. The first-order chi connectivity index (χ1) is 8.31. The van der Waals surface area contributed by atoms with E-state index in [-0.39, 0.29) is 0 Å². The highest BCUT2D eigenvalue weighted by molar-refractivity contribution is 7.98. The molecule has 0 radical (unpaired) electrons. The van der Waals surface area contributed by atoms with Crippen molar-refractivity contribution in [2.45, 2.75) is 10.8 Å². The molecule has 0 unspecified atom stereocenters. The van der Waals surface area contributed by atoms with Crippen molar-refractivity contribution in [3.8, 4) is 0 Å². The Hall–Kier alpha value is -1.53. The summed E-state index contributed by atoms with van der Waals surface area (Å²) in [6.07, 6.45) is 5.50. The number of hydrogen-bond donors (Lipinski definition) is 1. The van der Waals surface area contributed by atoms with E-state index >= 15 is 0 Å². The maximum atomic E-state index is 5.91. The lowest BCUT2D eigenvalue weighted by Crippen LogP contribution is -1.79. The molecule has 0 spiro atoms. The van der Waals surface area contributed by atoms with E-state index in [2.05, 4.69) is 20.4 Å². The third-order valence-electron chi connectivity index (χ3n) is 2.23. The van der Waals surface area contributed by atoms with Crippen molar-refractivity contribution >= 4 is 29.0 Å². The molecule has 3 heterocycles. The van der Waals surface area contributed by atoms with Crippen LogP contribution in [0.25, 0.3) is 5.65 Å². The van der Waals surface area contributed by atoms with Crippen molar-refractivity contribution in [1.29, 1.82) is 0 Å². The molecule has 0 fully saturated rings. The predicted molar refractivity (Wildman–Crippen MR) is 66.1 cm³/mol. The van der Waals surface area contributed by atoms with Crippen LogP contribution in [-0.4, -0.2) is 24.8 Å². The minimum Gasteiger partial charge on any atom is -0.305 e. The van der Waals surface area contributed by atoms with Gasteiger partial charge in [0.2, 0.25) is 0 Å². The summed E-state index contributed by atoms with van der Waals surface area (Å²) in [5.41, 5.74) is 1.88. The summed E-state index contributed by atoms with van der Waals surface area (Å²) in [6.45, 7) is 0. The highest BCUT2D eigenvalue weighted by Gasteiger charge is 2.04. The van der Waals surface area contributed by atoms with Crippen LogP contribution in [0.4, 0.5) is 0 Å². The van der Waals surface area contributed by atoms with Gasteiger partial charge in [0.1, 0.15) is 10.7 Å². The van der Waals surface area contributed by atoms with Crippen LogP contribution >= 0.6 is 23.4 Å². The van der Waals surface area contributed by atoms with Gasteiger partial charge in [0.15, 0.2) is 0 Å². The van der Waals surface area contributed by atoms with Crippen LogP contribution in [-0.2, 0) is 5.75 Å². The molecular formula is C10H8ClN5S. The number of pyridine rings is 1. The molecule has 5 nitrogen and oxygen atoms in total. The van der Waals surface area contributed by atoms with Gasteiger partial charge in [-0.3, -0.25) is 0 Å². The van der Waals surface area contributed by atoms with E-state index in [9.17, 15) is 0 Å². The lowest BCUT2D eigenvalue weighted by molar-refractivity contribution is 0.911. The Balaban J connectivity index is 1.81. The van der Waals surface area contributed by atoms with Gasteiger partial charge >= 0.3 is 0 Å². The zero-order chi connectivity index (χ0) is 11.7. The number of H-pyrrole nitrogens is 1. The van der Waals surface area contributed by atoms with Crippen molar-refractivity contribution < 1.29 is 0 Å². The number of nitrogens with zero attached hydrogens (tertiary/aromatic N) is 4. The third-order valence-corrected chi connectivity index (χ3v) is 3.38. The van der Waals surface area contributed by atoms with Gasteiger partial charge in [-0.1, -0.05) is 23.4 Å². The average molecular weight is 266 g/mol. The highest BCUT2D eigenvalue weighted by Crippen LogP contribution is 2.20. The first kappa shape index (κ1) is 10.6. The molecule has 0 atom stereocenters. The molecule has 0 saturated heterocycles. The number of imidazole rings is 1. The van der Waals surface area contributed by atoms with Crippen LogP contribution in [0.5, 0.6) is 0 Å². The molecule has 17 heavy (non-hydrogen) atoms. The van der Waals surface area contributed by atoms with Crippen LogP contribution < -0.4 is 0 Å². The molecule has 0 aliphatic carbocycles. The number of aromatic amines is 1. The number of nitrogens with one attached hydrogen (secondary N) is 1. The number of hydrogen-bond acceptors (Lipinski definition) is 4. The van der Waals surface area contributed by atoms with Gasteiger partial charge in [-0.2, -0.15) is 10.3 Å². The van der Waals surface area contributed by atoms with E-state index in [0.717, 1.165) is 22.1 Å². The monoisotopic (exact) mass is 265 g/mol. The van der Waals surface area contributed by atoms with Gasteiger partial charge in [0.25, 0.3) is 0 Å². The largest absolute Gasteiger partial charge is 0.305 e. The van der Waals surface area contributed by atoms with Crippen LogP contribution in [0.3, 0.4) is 0 Å². The lowest BCUT2D eigenvalue weighted by atomic mass is 10.5. The number of aromatic nitrogens is 5.